The number of thiocarbonyl (C=S) groups is 1. The molecule has 3 aromatic rings. The number of nitrogens with one attached hydrogen (secondary N) is 3. The molecule has 6 heteroatoms. The molecule has 1 unspecified atom stereocenters. The molecule has 0 fully saturated rings. The predicted octanol–water partition coefficient (Wildman–Crippen LogP) is 6.88. The summed E-state index contributed by atoms with van der Waals surface area (Å²) in [6.07, 6.45) is 1.61. The smallest absolute Gasteiger partial charge is 0.237 e. The van der Waals surface area contributed by atoms with Crippen molar-refractivity contribution in [1.82, 2.24) is 0 Å². The van der Waals surface area contributed by atoms with Crippen LogP contribution >= 0.6 is 24.0 Å². The van der Waals surface area contributed by atoms with Gasteiger partial charge in [0.15, 0.2) is 5.11 Å². The molecular weight excluding hydrogens is 434 g/mol. The Labute approximate surface area is 200 Å². The molecule has 1 atom stereocenters. The molecule has 1 amide bonds. The molecule has 166 valence electrons. The zero-order valence-electron chi connectivity index (χ0n) is 18.6. The highest BCUT2D eigenvalue weighted by molar-refractivity contribution is 8.00. The third kappa shape index (κ3) is 6.58. The van der Waals surface area contributed by atoms with Crippen molar-refractivity contribution in [2.45, 2.75) is 43.8 Å². The Balaban J connectivity index is 1.65. The van der Waals surface area contributed by atoms with Gasteiger partial charge >= 0.3 is 0 Å². The Morgan fingerprint density at radius 2 is 1.59 bits per heavy atom. The molecule has 0 saturated heterocycles. The molecular formula is C26H29N3OS2. The average Bonchev–Trinajstić information content (AvgIpc) is 2.79. The minimum Gasteiger partial charge on any atom is -0.332 e. The van der Waals surface area contributed by atoms with Crippen molar-refractivity contribution >= 4 is 52.1 Å². The summed E-state index contributed by atoms with van der Waals surface area (Å²) in [6, 6.07) is 23.9. The van der Waals surface area contributed by atoms with Crippen LogP contribution in [0.2, 0.25) is 0 Å². The molecule has 0 aromatic heterocycles. The minimum absolute atomic E-state index is 0.0288. The molecule has 0 aliphatic rings. The highest BCUT2D eigenvalue weighted by atomic mass is 32.2. The number of carbonyl (C=O) groups is 1. The largest absolute Gasteiger partial charge is 0.332 e. The molecule has 3 aromatic carbocycles. The van der Waals surface area contributed by atoms with Gasteiger partial charge in [-0.3, -0.25) is 4.79 Å². The van der Waals surface area contributed by atoms with Gasteiger partial charge in [0, 0.05) is 22.0 Å². The van der Waals surface area contributed by atoms with Crippen LogP contribution in [-0.2, 0) is 11.2 Å². The number of thioether (sulfide) groups is 1. The number of para-hydroxylation sites is 2. The molecule has 0 radical (unpaired) electrons. The van der Waals surface area contributed by atoms with E-state index >= 15 is 0 Å². The summed E-state index contributed by atoms with van der Waals surface area (Å²) in [6.45, 7) is 6.17. The highest BCUT2D eigenvalue weighted by Gasteiger charge is 2.20. The second-order valence-corrected chi connectivity index (χ2v) is 9.12. The van der Waals surface area contributed by atoms with Crippen LogP contribution in [0.3, 0.4) is 0 Å². The Morgan fingerprint density at radius 1 is 0.906 bits per heavy atom. The van der Waals surface area contributed by atoms with Gasteiger partial charge in [0.1, 0.15) is 0 Å². The maximum absolute atomic E-state index is 13.1. The number of benzene rings is 3. The first kappa shape index (κ1) is 23.8. The first-order valence-corrected chi connectivity index (χ1v) is 12.1. The number of aryl methyl sites for hydroxylation is 2. The Hall–Kier alpha value is -2.83. The fourth-order valence-corrected chi connectivity index (χ4v) is 4.60. The number of carbonyl (C=O) groups excluding carboxylic acids is 1. The zero-order valence-corrected chi connectivity index (χ0v) is 20.3. The number of rotatable bonds is 8. The van der Waals surface area contributed by atoms with Crippen molar-refractivity contribution < 1.29 is 4.79 Å². The number of hydrogen-bond donors (Lipinski definition) is 3. The summed E-state index contributed by atoms with van der Waals surface area (Å²) in [5.41, 5.74) is 4.99. The van der Waals surface area contributed by atoms with Crippen LogP contribution in [-0.4, -0.2) is 16.3 Å². The quantitative estimate of drug-likeness (QED) is 0.251. The lowest BCUT2D eigenvalue weighted by Crippen LogP contribution is -2.25. The molecule has 0 aliphatic carbocycles. The van der Waals surface area contributed by atoms with E-state index in [4.69, 9.17) is 12.2 Å². The number of amides is 1. The second kappa shape index (κ2) is 11.7. The van der Waals surface area contributed by atoms with Crippen molar-refractivity contribution in [2.24, 2.45) is 0 Å². The molecule has 32 heavy (non-hydrogen) atoms. The van der Waals surface area contributed by atoms with Crippen LogP contribution < -0.4 is 16.0 Å². The molecule has 0 spiro atoms. The SMILES string of the molecule is CCc1cccc(C)c1NC(=O)C(CC)Sc1cccc(NC(=S)Nc2ccccc2)c1. The van der Waals surface area contributed by atoms with Gasteiger partial charge in [-0.25, -0.2) is 0 Å². The topological polar surface area (TPSA) is 53.2 Å². The molecule has 0 saturated carbocycles. The summed E-state index contributed by atoms with van der Waals surface area (Å²) in [5, 5.41) is 9.89. The Morgan fingerprint density at radius 3 is 2.31 bits per heavy atom. The standard InChI is InChI=1S/C26H29N3OS2/c1-4-19-12-9-11-18(3)24(19)29-25(30)23(5-2)32-22-16-10-15-21(17-22)28-26(31)27-20-13-7-6-8-14-20/h6-17,23H,4-5H2,1-3H3,(H,29,30)(H2,27,28,31). The van der Waals surface area contributed by atoms with Gasteiger partial charge in [-0.05, 0) is 73.4 Å². The van der Waals surface area contributed by atoms with Crippen molar-refractivity contribution in [2.75, 3.05) is 16.0 Å². The summed E-state index contributed by atoms with van der Waals surface area (Å²) < 4.78 is 0. The van der Waals surface area contributed by atoms with Gasteiger partial charge in [-0.1, -0.05) is 56.3 Å². The lowest BCUT2D eigenvalue weighted by atomic mass is 10.1. The zero-order chi connectivity index (χ0) is 22.9. The van der Waals surface area contributed by atoms with Gasteiger partial charge in [-0.2, -0.15) is 0 Å². The van der Waals surface area contributed by atoms with Crippen LogP contribution in [0.5, 0.6) is 0 Å². The third-order valence-corrected chi connectivity index (χ3v) is 6.62. The molecule has 0 aliphatic heterocycles. The van der Waals surface area contributed by atoms with Crippen LogP contribution in [0.15, 0.2) is 77.7 Å². The van der Waals surface area contributed by atoms with Crippen molar-refractivity contribution in [3.8, 4) is 0 Å². The molecule has 0 heterocycles. The van der Waals surface area contributed by atoms with Crippen molar-refractivity contribution in [1.29, 1.82) is 0 Å². The fraction of sp³-hybridized carbons (Fsp3) is 0.231. The summed E-state index contributed by atoms with van der Waals surface area (Å²) >= 11 is 6.99. The maximum Gasteiger partial charge on any atom is 0.237 e. The van der Waals surface area contributed by atoms with Gasteiger partial charge in [0.05, 0.1) is 5.25 Å². The lowest BCUT2D eigenvalue weighted by molar-refractivity contribution is -0.115. The van der Waals surface area contributed by atoms with Crippen LogP contribution in [0, 0.1) is 6.92 Å². The summed E-state index contributed by atoms with van der Waals surface area (Å²) in [7, 11) is 0. The Bertz CT molecular complexity index is 1070. The molecule has 3 rings (SSSR count). The van der Waals surface area contributed by atoms with E-state index in [9.17, 15) is 4.79 Å². The summed E-state index contributed by atoms with van der Waals surface area (Å²) in [4.78, 5) is 14.1. The van der Waals surface area contributed by atoms with Crippen LogP contribution in [0.4, 0.5) is 17.1 Å². The van der Waals surface area contributed by atoms with E-state index in [-0.39, 0.29) is 11.2 Å². The van der Waals surface area contributed by atoms with E-state index in [1.165, 1.54) is 0 Å². The normalized spacial score (nSPS) is 11.5. The first-order valence-electron chi connectivity index (χ1n) is 10.8. The van der Waals surface area contributed by atoms with E-state index in [0.29, 0.717) is 5.11 Å². The van der Waals surface area contributed by atoms with E-state index in [1.54, 1.807) is 11.8 Å². The number of anilines is 3. The average molecular weight is 464 g/mol. The predicted molar refractivity (Wildman–Crippen MR) is 142 cm³/mol. The molecule has 4 nitrogen and oxygen atoms in total. The lowest BCUT2D eigenvalue weighted by Gasteiger charge is -2.18. The van der Waals surface area contributed by atoms with Gasteiger partial charge in [0.25, 0.3) is 0 Å². The first-order chi connectivity index (χ1) is 15.5. The van der Waals surface area contributed by atoms with E-state index in [0.717, 1.165) is 45.9 Å². The highest BCUT2D eigenvalue weighted by Crippen LogP contribution is 2.30. The van der Waals surface area contributed by atoms with E-state index in [1.807, 2.05) is 80.6 Å². The second-order valence-electron chi connectivity index (χ2n) is 7.44. The summed E-state index contributed by atoms with van der Waals surface area (Å²) in [5.74, 6) is 0.0288. The maximum atomic E-state index is 13.1. The monoisotopic (exact) mass is 463 g/mol. The van der Waals surface area contributed by atoms with E-state index in [2.05, 4.69) is 28.9 Å². The Kier molecular flexibility index (Phi) is 8.71. The number of hydrogen-bond acceptors (Lipinski definition) is 3. The van der Waals surface area contributed by atoms with Gasteiger partial charge in [0.2, 0.25) is 5.91 Å². The third-order valence-electron chi connectivity index (χ3n) is 5.05. The van der Waals surface area contributed by atoms with Crippen molar-refractivity contribution in [3.05, 3.63) is 83.9 Å². The van der Waals surface area contributed by atoms with Crippen LogP contribution in [0.1, 0.15) is 31.4 Å². The fourth-order valence-electron chi connectivity index (χ4n) is 3.35. The minimum atomic E-state index is -0.191. The van der Waals surface area contributed by atoms with Gasteiger partial charge < -0.3 is 16.0 Å². The van der Waals surface area contributed by atoms with Gasteiger partial charge in [-0.15, -0.1) is 11.8 Å². The van der Waals surface area contributed by atoms with E-state index < -0.39 is 0 Å². The van der Waals surface area contributed by atoms with Crippen molar-refractivity contribution in [3.63, 3.8) is 0 Å². The molecule has 3 N–H and O–H groups in total. The van der Waals surface area contributed by atoms with Crippen LogP contribution in [0.25, 0.3) is 0 Å². The molecule has 0 bridgehead atoms.